The fraction of sp³-hybridized carbons (Fsp3) is 0.364. The van der Waals surface area contributed by atoms with E-state index in [-0.39, 0.29) is 23.4 Å². The molecule has 0 atom stereocenters. The predicted molar refractivity (Wildman–Crippen MR) is 102 cm³/mol. The molecule has 0 saturated carbocycles. The molecule has 1 saturated heterocycles. The molecule has 2 aromatic rings. The van der Waals surface area contributed by atoms with Gasteiger partial charge in [0.2, 0.25) is 0 Å². The van der Waals surface area contributed by atoms with Crippen molar-refractivity contribution in [3.8, 4) is 5.75 Å². The van der Waals surface area contributed by atoms with Crippen molar-refractivity contribution >= 4 is 11.7 Å². The molecule has 0 spiro atoms. The Bertz CT molecular complexity index is 795. The van der Waals surface area contributed by atoms with Gasteiger partial charge in [-0.25, -0.2) is 4.39 Å². The van der Waals surface area contributed by atoms with E-state index in [0.717, 1.165) is 6.42 Å². The van der Waals surface area contributed by atoms with E-state index < -0.39 is 0 Å². The maximum atomic E-state index is 13.0. The quantitative estimate of drug-likeness (QED) is 0.711. The summed E-state index contributed by atoms with van der Waals surface area (Å²) >= 11 is 0. The zero-order chi connectivity index (χ0) is 19.2. The minimum absolute atomic E-state index is 0.0251. The molecule has 0 bridgehead atoms. The number of carbonyl (C=O) groups is 2. The largest absolute Gasteiger partial charge is 0.494 e. The van der Waals surface area contributed by atoms with Crippen LogP contribution in [-0.2, 0) is 0 Å². The highest BCUT2D eigenvalue weighted by Crippen LogP contribution is 2.24. The Morgan fingerprint density at radius 2 is 1.78 bits per heavy atom. The van der Waals surface area contributed by atoms with Crippen LogP contribution in [0.1, 0.15) is 46.9 Å². The highest BCUT2D eigenvalue weighted by Gasteiger charge is 2.28. The molecule has 2 aromatic carbocycles. The average Bonchev–Trinajstić information content (AvgIpc) is 2.72. The maximum absolute atomic E-state index is 13.0. The Hall–Kier alpha value is -2.69. The first-order valence-corrected chi connectivity index (χ1v) is 9.40. The van der Waals surface area contributed by atoms with Crippen LogP contribution < -0.4 is 4.74 Å². The molecule has 1 amide bonds. The minimum atomic E-state index is -0.350. The van der Waals surface area contributed by atoms with Crippen LogP contribution in [0.15, 0.2) is 48.5 Å². The van der Waals surface area contributed by atoms with Crippen LogP contribution in [0, 0.1) is 11.7 Å². The zero-order valence-corrected chi connectivity index (χ0v) is 15.5. The predicted octanol–water partition coefficient (Wildman–Crippen LogP) is 4.35. The standard InChI is InChI=1S/C22H24FNO3/c1-2-14-27-20-5-3-4-18(15-20)22(26)24-12-10-17(11-13-24)21(25)16-6-8-19(23)9-7-16/h3-9,15,17H,2,10-14H2,1H3. The van der Waals surface area contributed by atoms with E-state index in [4.69, 9.17) is 4.74 Å². The average molecular weight is 369 g/mol. The number of piperidine rings is 1. The number of ether oxygens (including phenoxy) is 1. The van der Waals surface area contributed by atoms with Crippen molar-refractivity contribution in [3.05, 3.63) is 65.5 Å². The molecule has 1 fully saturated rings. The molecule has 0 N–H and O–H groups in total. The van der Waals surface area contributed by atoms with Gasteiger partial charge in [0.1, 0.15) is 11.6 Å². The lowest BCUT2D eigenvalue weighted by Crippen LogP contribution is -2.40. The van der Waals surface area contributed by atoms with Gasteiger partial charge in [-0.05, 0) is 61.7 Å². The summed E-state index contributed by atoms with van der Waals surface area (Å²) in [5, 5.41) is 0. The minimum Gasteiger partial charge on any atom is -0.494 e. The number of likely N-dealkylation sites (tertiary alicyclic amines) is 1. The molecular formula is C22H24FNO3. The Labute approximate surface area is 158 Å². The first kappa shape index (κ1) is 19.1. The molecule has 1 aliphatic rings. The summed E-state index contributed by atoms with van der Waals surface area (Å²) in [6, 6.07) is 12.9. The van der Waals surface area contributed by atoms with Gasteiger partial charge >= 0.3 is 0 Å². The van der Waals surface area contributed by atoms with E-state index in [1.807, 2.05) is 19.1 Å². The summed E-state index contributed by atoms with van der Waals surface area (Å²) in [5.74, 6) is 0.210. The van der Waals surface area contributed by atoms with Gasteiger partial charge in [0, 0.05) is 30.1 Å². The third-order valence-corrected chi connectivity index (χ3v) is 4.84. The van der Waals surface area contributed by atoms with Crippen molar-refractivity contribution < 1.29 is 18.7 Å². The number of rotatable bonds is 6. The van der Waals surface area contributed by atoms with Gasteiger partial charge in [-0.2, -0.15) is 0 Å². The van der Waals surface area contributed by atoms with Gasteiger partial charge in [0.15, 0.2) is 5.78 Å². The molecule has 5 heteroatoms. The van der Waals surface area contributed by atoms with Gasteiger partial charge in [-0.1, -0.05) is 13.0 Å². The molecule has 4 nitrogen and oxygen atoms in total. The van der Waals surface area contributed by atoms with Crippen LogP contribution in [-0.4, -0.2) is 36.3 Å². The third kappa shape index (κ3) is 4.73. The summed E-state index contributed by atoms with van der Waals surface area (Å²) in [6.45, 7) is 3.73. The lowest BCUT2D eigenvalue weighted by molar-refractivity contribution is 0.0650. The number of amides is 1. The van der Waals surface area contributed by atoms with Crippen molar-refractivity contribution in [2.24, 2.45) is 5.92 Å². The van der Waals surface area contributed by atoms with E-state index in [1.54, 1.807) is 17.0 Å². The normalized spacial score (nSPS) is 14.8. The molecule has 0 unspecified atom stereocenters. The number of carbonyl (C=O) groups excluding carboxylic acids is 2. The first-order valence-electron chi connectivity index (χ1n) is 9.40. The number of benzene rings is 2. The monoisotopic (exact) mass is 369 g/mol. The van der Waals surface area contributed by atoms with Crippen LogP contribution in [0.4, 0.5) is 4.39 Å². The number of ketones is 1. The summed E-state index contributed by atoms with van der Waals surface area (Å²) in [7, 11) is 0. The van der Waals surface area contributed by atoms with Gasteiger partial charge in [0.25, 0.3) is 5.91 Å². The van der Waals surface area contributed by atoms with Gasteiger partial charge in [0.05, 0.1) is 6.61 Å². The molecule has 142 valence electrons. The van der Waals surface area contributed by atoms with Crippen LogP contribution >= 0.6 is 0 Å². The van der Waals surface area contributed by atoms with Gasteiger partial charge in [-0.15, -0.1) is 0 Å². The molecule has 27 heavy (non-hydrogen) atoms. The van der Waals surface area contributed by atoms with Gasteiger partial charge < -0.3 is 9.64 Å². The number of hydrogen-bond acceptors (Lipinski definition) is 3. The second kappa shape index (κ2) is 8.80. The Kier molecular flexibility index (Phi) is 6.22. The summed E-state index contributed by atoms with van der Waals surface area (Å²) in [5.41, 5.74) is 1.13. The van der Waals surface area contributed by atoms with Crippen molar-refractivity contribution in [1.82, 2.24) is 4.90 Å². The van der Waals surface area contributed by atoms with E-state index in [0.29, 0.717) is 49.4 Å². The number of nitrogens with zero attached hydrogens (tertiary/aromatic N) is 1. The van der Waals surface area contributed by atoms with Crippen molar-refractivity contribution in [2.75, 3.05) is 19.7 Å². The second-order valence-electron chi connectivity index (χ2n) is 6.81. The van der Waals surface area contributed by atoms with Gasteiger partial charge in [-0.3, -0.25) is 9.59 Å². The lowest BCUT2D eigenvalue weighted by Gasteiger charge is -2.31. The lowest BCUT2D eigenvalue weighted by atomic mass is 9.88. The van der Waals surface area contributed by atoms with Crippen LogP contribution in [0.5, 0.6) is 5.75 Å². The molecule has 3 rings (SSSR count). The SMILES string of the molecule is CCCOc1cccc(C(=O)N2CCC(C(=O)c3ccc(F)cc3)CC2)c1. The Morgan fingerprint density at radius 1 is 1.07 bits per heavy atom. The molecule has 1 aliphatic heterocycles. The third-order valence-electron chi connectivity index (χ3n) is 4.84. The van der Waals surface area contributed by atoms with Crippen molar-refractivity contribution in [1.29, 1.82) is 0 Å². The number of Topliss-reactive ketones (excluding diaryl/α,β-unsaturated/α-hetero) is 1. The van der Waals surface area contributed by atoms with E-state index in [2.05, 4.69) is 0 Å². The van der Waals surface area contributed by atoms with Crippen LogP contribution in [0.3, 0.4) is 0 Å². The highest BCUT2D eigenvalue weighted by molar-refractivity contribution is 5.98. The van der Waals surface area contributed by atoms with Crippen LogP contribution in [0.2, 0.25) is 0 Å². The number of halogens is 1. The smallest absolute Gasteiger partial charge is 0.253 e. The molecule has 0 radical (unpaired) electrons. The molecule has 0 aliphatic carbocycles. The zero-order valence-electron chi connectivity index (χ0n) is 15.5. The Balaban J connectivity index is 1.59. The maximum Gasteiger partial charge on any atom is 0.253 e. The summed E-state index contributed by atoms with van der Waals surface area (Å²) in [4.78, 5) is 27.1. The Morgan fingerprint density at radius 3 is 2.44 bits per heavy atom. The second-order valence-corrected chi connectivity index (χ2v) is 6.81. The highest BCUT2D eigenvalue weighted by atomic mass is 19.1. The van der Waals surface area contributed by atoms with E-state index in [9.17, 15) is 14.0 Å². The summed E-state index contributed by atoms with van der Waals surface area (Å²) < 4.78 is 18.6. The fourth-order valence-corrected chi connectivity index (χ4v) is 3.32. The van der Waals surface area contributed by atoms with E-state index >= 15 is 0 Å². The topological polar surface area (TPSA) is 46.6 Å². The van der Waals surface area contributed by atoms with Crippen molar-refractivity contribution in [2.45, 2.75) is 26.2 Å². The van der Waals surface area contributed by atoms with Crippen molar-refractivity contribution in [3.63, 3.8) is 0 Å². The molecular weight excluding hydrogens is 345 g/mol. The number of hydrogen-bond donors (Lipinski definition) is 0. The van der Waals surface area contributed by atoms with E-state index in [1.165, 1.54) is 24.3 Å². The van der Waals surface area contributed by atoms with Crippen LogP contribution in [0.25, 0.3) is 0 Å². The molecule has 1 heterocycles. The first-order chi connectivity index (χ1) is 13.1. The molecule has 0 aromatic heterocycles. The fourth-order valence-electron chi connectivity index (χ4n) is 3.32. The summed E-state index contributed by atoms with van der Waals surface area (Å²) in [6.07, 6.45) is 2.15.